The predicted octanol–water partition coefficient (Wildman–Crippen LogP) is 1.91. The van der Waals surface area contributed by atoms with Gasteiger partial charge in [0.05, 0.1) is 18.0 Å². The van der Waals surface area contributed by atoms with Crippen molar-refractivity contribution in [3.05, 3.63) is 40.5 Å². The van der Waals surface area contributed by atoms with Gasteiger partial charge in [-0.3, -0.25) is 0 Å². The van der Waals surface area contributed by atoms with E-state index < -0.39 is 0 Å². The normalized spacial score (nSPS) is 10.7. The zero-order valence-electron chi connectivity index (χ0n) is 8.81. The van der Waals surface area contributed by atoms with Gasteiger partial charge in [-0.1, -0.05) is 11.6 Å². The van der Waals surface area contributed by atoms with Crippen LogP contribution in [0.2, 0.25) is 5.02 Å². The van der Waals surface area contributed by atoms with Crippen molar-refractivity contribution >= 4 is 17.4 Å². The molecule has 0 fully saturated rings. The number of rotatable bonds is 2. The van der Waals surface area contributed by atoms with Crippen LogP contribution in [-0.2, 0) is 6.61 Å². The summed E-state index contributed by atoms with van der Waals surface area (Å²) in [7, 11) is 0. The molecule has 0 bridgehead atoms. The zero-order valence-corrected chi connectivity index (χ0v) is 9.57. The van der Waals surface area contributed by atoms with E-state index in [4.69, 9.17) is 22.4 Å². The number of hydrogen-bond acceptors (Lipinski definition) is 3. The minimum absolute atomic E-state index is 0.106. The number of anilines is 1. The van der Waals surface area contributed by atoms with Crippen LogP contribution in [0.15, 0.2) is 24.3 Å². The highest BCUT2D eigenvalue weighted by Gasteiger charge is 2.12. The lowest BCUT2D eigenvalue weighted by atomic mass is 10.2. The van der Waals surface area contributed by atoms with E-state index in [9.17, 15) is 0 Å². The van der Waals surface area contributed by atoms with Crippen LogP contribution in [0.3, 0.4) is 0 Å². The van der Waals surface area contributed by atoms with Crippen molar-refractivity contribution in [1.29, 1.82) is 0 Å². The molecule has 0 radical (unpaired) electrons. The summed E-state index contributed by atoms with van der Waals surface area (Å²) >= 11 is 5.80. The Bertz CT molecular complexity index is 505. The summed E-state index contributed by atoms with van der Waals surface area (Å²) in [5, 5.41) is 14.1. The molecule has 0 aliphatic carbocycles. The third-order valence-corrected chi connectivity index (χ3v) is 2.71. The van der Waals surface area contributed by atoms with Crippen LogP contribution in [0.1, 0.15) is 11.3 Å². The van der Waals surface area contributed by atoms with Gasteiger partial charge in [-0.25, -0.2) is 4.68 Å². The molecule has 2 rings (SSSR count). The average molecular weight is 238 g/mol. The molecular weight excluding hydrogens is 226 g/mol. The molecule has 1 aromatic carbocycles. The van der Waals surface area contributed by atoms with Gasteiger partial charge in [-0.2, -0.15) is 5.10 Å². The van der Waals surface area contributed by atoms with Gasteiger partial charge in [0.25, 0.3) is 0 Å². The Hall–Kier alpha value is -1.52. The van der Waals surface area contributed by atoms with Gasteiger partial charge in [0, 0.05) is 10.6 Å². The Labute approximate surface area is 98.3 Å². The fourth-order valence-corrected chi connectivity index (χ4v) is 1.68. The first-order chi connectivity index (χ1) is 7.63. The molecule has 0 aliphatic heterocycles. The van der Waals surface area contributed by atoms with Gasteiger partial charge in [-0.15, -0.1) is 0 Å². The van der Waals surface area contributed by atoms with Gasteiger partial charge in [0.15, 0.2) is 0 Å². The van der Waals surface area contributed by atoms with E-state index in [2.05, 4.69) is 5.10 Å². The van der Waals surface area contributed by atoms with Gasteiger partial charge in [0.2, 0.25) is 0 Å². The number of hydrogen-bond donors (Lipinski definition) is 2. The first kappa shape index (κ1) is 11.0. The predicted molar refractivity (Wildman–Crippen MR) is 63.6 cm³/mol. The van der Waals surface area contributed by atoms with Crippen molar-refractivity contribution in [2.75, 3.05) is 5.73 Å². The fraction of sp³-hybridized carbons (Fsp3) is 0.182. The van der Waals surface area contributed by atoms with Crippen molar-refractivity contribution < 1.29 is 5.11 Å². The van der Waals surface area contributed by atoms with E-state index in [0.717, 1.165) is 11.4 Å². The van der Waals surface area contributed by atoms with Gasteiger partial charge in [0.1, 0.15) is 5.82 Å². The number of aromatic nitrogens is 2. The molecule has 1 heterocycles. The second kappa shape index (κ2) is 4.15. The highest BCUT2D eigenvalue weighted by Crippen LogP contribution is 2.21. The summed E-state index contributed by atoms with van der Waals surface area (Å²) in [4.78, 5) is 0. The van der Waals surface area contributed by atoms with Crippen LogP contribution in [0, 0.1) is 6.92 Å². The number of halogens is 1. The Balaban J connectivity index is 2.52. The van der Waals surface area contributed by atoms with Gasteiger partial charge in [-0.05, 0) is 31.2 Å². The molecule has 0 unspecified atom stereocenters. The van der Waals surface area contributed by atoms with Crippen molar-refractivity contribution in [2.24, 2.45) is 0 Å². The second-order valence-corrected chi connectivity index (χ2v) is 3.93. The maximum atomic E-state index is 9.15. The van der Waals surface area contributed by atoms with E-state index in [1.54, 1.807) is 16.8 Å². The molecule has 2 aromatic rings. The van der Waals surface area contributed by atoms with Crippen LogP contribution >= 0.6 is 11.6 Å². The van der Waals surface area contributed by atoms with E-state index >= 15 is 0 Å². The lowest BCUT2D eigenvalue weighted by Crippen LogP contribution is -2.02. The molecule has 16 heavy (non-hydrogen) atoms. The molecule has 0 aliphatic rings. The first-order valence-electron chi connectivity index (χ1n) is 4.84. The third kappa shape index (κ3) is 1.77. The molecule has 3 N–H and O–H groups in total. The minimum Gasteiger partial charge on any atom is -0.391 e. The molecule has 84 valence electrons. The van der Waals surface area contributed by atoms with Crippen LogP contribution < -0.4 is 5.73 Å². The standard InChI is InChI=1S/C11H12ClN3O/c1-7-10(6-16)11(13)15(14-7)9-4-2-8(12)3-5-9/h2-5,16H,6,13H2,1H3. The summed E-state index contributed by atoms with van der Waals surface area (Å²) in [5.74, 6) is 0.460. The Morgan fingerprint density at radius 2 is 2.00 bits per heavy atom. The lowest BCUT2D eigenvalue weighted by molar-refractivity contribution is 0.282. The number of aliphatic hydroxyl groups excluding tert-OH is 1. The second-order valence-electron chi connectivity index (χ2n) is 3.50. The zero-order chi connectivity index (χ0) is 11.7. The Kier molecular flexibility index (Phi) is 2.85. The third-order valence-electron chi connectivity index (χ3n) is 2.45. The highest BCUT2D eigenvalue weighted by molar-refractivity contribution is 6.30. The van der Waals surface area contributed by atoms with E-state index in [1.807, 2.05) is 19.1 Å². The number of aliphatic hydroxyl groups is 1. The van der Waals surface area contributed by atoms with E-state index in [0.29, 0.717) is 16.4 Å². The summed E-state index contributed by atoms with van der Waals surface area (Å²) in [6.45, 7) is 1.71. The average Bonchev–Trinajstić information content (AvgIpc) is 2.55. The maximum absolute atomic E-state index is 9.15. The molecular formula is C11H12ClN3O. The molecule has 0 spiro atoms. The molecule has 0 saturated heterocycles. The Morgan fingerprint density at radius 1 is 1.38 bits per heavy atom. The first-order valence-corrected chi connectivity index (χ1v) is 5.22. The molecule has 0 atom stereocenters. The summed E-state index contributed by atoms with van der Waals surface area (Å²) in [5.41, 5.74) is 8.11. The van der Waals surface area contributed by atoms with E-state index in [1.165, 1.54) is 0 Å². The quantitative estimate of drug-likeness (QED) is 0.839. The summed E-state index contributed by atoms with van der Waals surface area (Å²) in [6, 6.07) is 7.19. The van der Waals surface area contributed by atoms with Gasteiger partial charge < -0.3 is 10.8 Å². The molecule has 5 heteroatoms. The molecule has 0 amide bonds. The monoisotopic (exact) mass is 237 g/mol. The Morgan fingerprint density at radius 3 is 2.50 bits per heavy atom. The smallest absolute Gasteiger partial charge is 0.133 e. The SMILES string of the molecule is Cc1nn(-c2ccc(Cl)cc2)c(N)c1CO. The summed E-state index contributed by atoms with van der Waals surface area (Å²) < 4.78 is 1.59. The maximum Gasteiger partial charge on any atom is 0.133 e. The summed E-state index contributed by atoms with van der Waals surface area (Å²) in [6.07, 6.45) is 0. The fourth-order valence-electron chi connectivity index (χ4n) is 1.55. The van der Waals surface area contributed by atoms with Gasteiger partial charge >= 0.3 is 0 Å². The van der Waals surface area contributed by atoms with Crippen molar-refractivity contribution in [2.45, 2.75) is 13.5 Å². The van der Waals surface area contributed by atoms with Crippen molar-refractivity contribution in [3.63, 3.8) is 0 Å². The van der Waals surface area contributed by atoms with Crippen LogP contribution in [0.5, 0.6) is 0 Å². The highest BCUT2D eigenvalue weighted by atomic mass is 35.5. The number of benzene rings is 1. The number of nitrogens with zero attached hydrogens (tertiary/aromatic N) is 2. The minimum atomic E-state index is -0.106. The van der Waals surface area contributed by atoms with Crippen LogP contribution in [0.4, 0.5) is 5.82 Å². The molecule has 0 saturated carbocycles. The topological polar surface area (TPSA) is 64.1 Å². The number of nitrogen functional groups attached to an aromatic ring is 1. The van der Waals surface area contributed by atoms with Crippen LogP contribution in [0.25, 0.3) is 5.69 Å². The number of aryl methyl sites for hydroxylation is 1. The molecule has 1 aromatic heterocycles. The van der Waals surface area contributed by atoms with Crippen LogP contribution in [-0.4, -0.2) is 14.9 Å². The van der Waals surface area contributed by atoms with E-state index in [-0.39, 0.29) is 6.61 Å². The van der Waals surface area contributed by atoms with Crippen molar-refractivity contribution in [1.82, 2.24) is 9.78 Å². The number of nitrogens with two attached hydrogens (primary N) is 1. The lowest BCUT2D eigenvalue weighted by Gasteiger charge is -2.04. The van der Waals surface area contributed by atoms with Crippen molar-refractivity contribution in [3.8, 4) is 5.69 Å². The largest absolute Gasteiger partial charge is 0.391 e. The molecule has 4 nitrogen and oxygen atoms in total.